The van der Waals surface area contributed by atoms with E-state index in [-0.39, 0.29) is 12.1 Å². The molecule has 1 aliphatic heterocycles. The quantitative estimate of drug-likeness (QED) is 0.934. The highest BCUT2D eigenvalue weighted by molar-refractivity contribution is 5.89. The molecule has 1 unspecified atom stereocenters. The van der Waals surface area contributed by atoms with Crippen LogP contribution in [-0.4, -0.2) is 35.1 Å². The van der Waals surface area contributed by atoms with Gasteiger partial charge in [0.2, 0.25) is 0 Å². The van der Waals surface area contributed by atoms with Gasteiger partial charge in [-0.3, -0.25) is 4.98 Å². The van der Waals surface area contributed by atoms with Crippen molar-refractivity contribution in [3.63, 3.8) is 0 Å². The summed E-state index contributed by atoms with van der Waals surface area (Å²) < 4.78 is 5.96. The Kier molecular flexibility index (Phi) is 4.99. The number of carbonyl (C=O) groups is 1. The van der Waals surface area contributed by atoms with Crippen LogP contribution in [0.5, 0.6) is 5.75 Å². The second-order valence-electron chi connectivity index (χ2n) is 6.24. The van der Waals surface area contributed by atoms with E-state index in [0.717, 1.165) is 30.8 Å². The van der Waals surface area contributed by atoms with Crippen molar-refractivity contribution >= 4 is 11.7 Å². The van der Waals surface area contributed by atoms with Crippen LogP contribution >= 0.6 is 0 Å². The first kappa shape index (κ1) is 16.3. The summed E-state index contributed by atoms with van der Waals surface area (Å²) in [5.41, 5.74) is 3.22. The number of aromatic nitrogens is 1. The number of anilines is 1. The van der Waals surface area contributed by atoms with Crippen LogP contribution in [0.3, 0.4) is 0 Å². The zero-order chi connectivity index (χ0) is 16.9. The highest BCUT2D eigenvalue weighted by Gasteiger charge is 2.25. The molecule has 126 valence electrons. The average Bonchev–Trinajstić information content (AvgIpc) is 2.59. The molecule has 1 aliphatic rings. The number of likely N-dealkylation sites (tertiary alicyclic amines) is 1. The summed E-state index contributed by atoms with van der Waals surface area (Å²) in [4.78, 5) is 18.3. The number of rotatable bonds is 3. The van der Waals surface area contributed by atoms with Crippen molar-refractivity contribution in [3.05, 3.63) is 53.9 Å². The Labute approximate surface area is 142 Å². The number of aryl methyl sites for hydroxylation is 2. The predicted molar refractivity (Wildman–Crippen MR) is 94.4 cm³/mol. The first-order valence-corrected chi connectivity index (χ1v) is 8.31. The van der Waals surface area contributed by atoms with Gasteiger partial charge >= 0.3 is 6.03 Å². The van der Waals surface area contributed by atoms with Crippen molar-refractivity contribution < 1.29 is 9.53 Å². The minimum atomic E-state index is -0.0683. The summed E-state index contributed by atoms with van der Waals surface area (Å²) in [5.74, 6) is 0.798. The molecule has 1 N–H and O–H groups in total. The van der Waals surface area contributed by atoms with Gasteiger partial charge in [0.05, 0.1) is 6.54 Å². The van der Waals surface area contributed by atoms with Crippen LogP contribution in [0.2, 0.25) is 0 Å². The average molecular weight is 325 g/mol. The molecule has 1 aromatic heterocycles. The van der Waals surface area contributed by atoms with E-state index in [0.29, 0.717) is 6.54 Å². The van der Waals surface area contributed by atoms with E-state index in [1.807, 2.05) is 42.2 Å². The van der Waals surface area contributed by atoms with Crippen LogP contribution < -0.4 is 10.1 Å². The van der Waals surface area contributed by atoms with Crippen LogP contribution in [0.15, 0.2) is 42.7 Å². The van der Waals surface area contributed by atoms with E-state index in [2.05, 4.69) is 17.2 Å². The molecule has 0 bridgehead atoms. The summed E-state index contributed by atoms with van der Waals surface area (Å²) in [5, 5.41) is 2.99. The van der Waals surface area contributed by atoms with Crippen LogP contribution in [0.1, 0.15) is 24.0 Å². The number of pyridine rings is 1. The molecule has 1 aromatic carbocycles. The second-order valence-corrected chi connectivity index (χ2v) is 6.24. The molecule has 3 rings (SSSR count). The standard InChI is InChI=1S/C19H23N3O2/c1-14-5-6-16(12-15(14)2)21-19(23)22-11-3-4-18(13-22)24-17-7-9-20-10-8-17/h5-10,12,18H,3-4,11,13H2,1-2H3,(H,21,23). The van der Waals surface area contributed by atoms with Gasteiger partial charge in [0.15, 0.2) is 0 Å². The molecule has 5 nitrogen and oxygen atoms in total. The monoisotopic (exact) mass is 325 g/mol. The van der Waals surface area contributed by atoms with Crippen molar-refractivity contribution in [1.29, 1.82) is 0 Å². The SMILES string of the molecule is Cc1ccc(NC(=O)N2CCCC(Oc3ccncc3)C2)cc1C. The molecular weight excluding hydrogens is 302 g/mol. The lowest BCUT2D eigenvalue weighted by Gasteiger charge is -2.33. The van der Waals surface area contributed by atoms with Gasteiger partial charge < -0.3 is 15.0 Å². The summed E-state index contributed by atoms with van der Waals surface area (Å²) in [7, 11) is 0. The first-order valence-electron chi connectivity index (χ1n) is 8.31. The van der Waals surface area contributed by atoms with Crippen LogP contribution in [-0.2, 0) is 0 Å². The summed E-state index contributed by atoms with van der Waals surface area (Å²) >= 11 is 0. The van der Waals surface area contributed by atoms with Crippen molar-refractivity contribution in [2.45, 2.75) is 32.8 Å². The lowest BCUT2D eigenvalue weighted by molar-refractivity contribution is 0.106. The minimum Gasteiger partial charge on any atom is -0.488 e. The van der Waals surface area contributed by atoms with Crippen molar-refractivity contribution in [2.75, 3.05) is 18.4 Å². The van der Waals surface area contributed by atoms with Crippen molar-refractivity contribution in [2.24, 2.45) is 0 Å². The molecule has 0 aliphatic carbocycles. The predicted octanol–water partition coefficient (Wildman–Crippen LogP) is 3.77. The number of piperidine rings is 1. The fraction of sp³-hybridized carbons (Fsp3) is 0.368. The molecule has 1 saturated heterocycles. The third-order valence-corrected chi connectivity index (χ3v) is 4.38. The van der Waals surface area contributed by atoms with Gasteiger partial charge in [0.25, 0.3) is 0 Å². The summed E-state index contributed by atoms with van der Waals surface area (Å²) in [6.45, 7) is 5.46. The van der Waals surface area contributed by atoms with E-state index in [4.69, 9.17) is 4.74 Å². The fourth-order valence-corrected chi connectivity index (χ4v) is 2.85. The van der Waals surface area contributed by atoms with E-state index in [9.17, 15) is 4.79 Å². The van der Waals surface area contributed by atoms with Gasteiger partial charge in [-0.05, 0) is 62.1 Å². The Morgan fingerprint density at radius 2 is 2.00 bits per heavy atom. The van der Waals surface area contributed by atoms with E-state index < -0.39 is 0 Å². The fourth-order valence-electron chi connectivity index (χ4n) is 2.85. The largest absolute Gasteiger partial charge is 0.488 e. The Bertz CT molecular complexity index is 703. The molecule has 0 saturated carbocycles. The zero-order valence-electron chi connectivity index (χ0n) is 14.2. The maximum Gasteiger partial charge on any atom is 0.321 e. The number of hydrogen-bond donors (Lipinski definition) is 1. The van der Waals surface area contributed by atoms with Gasteiger partial charge in [-0.2, -0.15) is 0 Å². The molecule has 1 fully saturated rings. The zero-order valence-corrected chi connectivity index (χ0v) is 14.2. The third kappa shape index (κ3) is 4.04. The maximum absolute atomic E-state index is 12.5. The number of nitrogens with one attached hydrogen (secondary N) is 1. The van der Waals surface area contributed by atoms with Crippen LogP contribution in [0, 0.1) is 13.8 Å². The Balaban J connectivity index is 1.59. The Hall–Kier alpha value is -2.56. The number of benzene rings is 1. The lowest BCUT2D eigenvalue weighted by atomic mass is 10.1. The van der Waals surface area contributed by atoms with Crippen molar-refractivity contribution in [1.82, 2.24) is 9.88 Å². The third-order valence-electron chi connectivity index (χ3n) is 4.38. The van der Waals surface area contributed by atoms with Crippen molar-refractivity contribution in [3.8, 4) is 5.75 Å². The molecule has 2 amide bonds. The topological polar surface area (TPSA) is 54.5 Å². The van der Waals surface area contributed by atoms with E-state index in [1.54, 1.807) is 12.4 Å². The lowest BCUT2D eigenvalue weighted by Crippen LogP contribution is -2.46. The van der Waals surface area contributed by atoms with Gasteiger partial charge in [-0.25, -0.2) is 4.79 Å². The van der Waals surface area contributed by atoms with Gasteiger partial charge in [-0.1, -0.05) is 6.07 Å². The number of carbonyl (C=O) groups excluding carboxylic acids is 1. The maximum atomic E-state index is 12.5. The second kappa shape index (κ2) is 7.34. The van der Waals surface area contributed by atoms with Crippen LogP contribution in [0.4, 0.5) is 10.5 Å². The first-order chi connectivity index (χ1) is 11.6. The molecular formula is C19H23N3O2. The highest BCUT2D eigenvalue weighted by atomic mass is 16.5. The number of amides is 2. The molecule has 2 aromatic rings. The van der Waals surface area contributed by atoms with E-state index >= 15 is 0 Å². The number of hydrogen-bond acceptors (Lipinski definition) is 3. The number of ether oxygens (including phenoxy) is 1. The normalized spacial score (nSPS) is 17.4. The summed E-state index contributed by atoms with van der Waals surface area (Å²) in [6, 6.07) is 9.58. The molecule has 5 heteroatoms. The smallest absolute Gasteiger partial charge is 0.321 e. The molecule has 0 spiro atoms. The van der Waals surface area contributed by atoms with Crippen LogP contribution in [0.25, 0.3) is 0 Å². The molecule has 1 atom stereocenters. The minimum absolute atomic E-state index is 0.0200. The molecule has 2 heterocycles. The number of nitrogens with zero attached hydrogens (tertiary/aromatic N) is 2. The van der Waals surface area contributed by atoms with E-state index in [1.165, 1.54) is 11.1 Å². The highest BCUT2D eigenvalue weighted by Crippen LogP contribution is 2.19. The summed E-state index contributed by atoms with van der Waals surface area (Å²) in [6.07, 6.45) is 5.34. The Morgan fingerprint density at radius 1 is 1.21 bits per heavy atom. The Morgan fingerprint density at radius 3 is 2.75 bits per heavy atom. The van der Waals surface area contributed by atoms with Gasteiger partial charge in [-0.15, -0.1) is 0 Å². The van der Waals surface area contributed by atoms with Gasteiger partial charge in [0.1, 0.15) is 11.9 Å². The molecule has 24 heavy (non-hydrogen) atoms. The number of urea groups is 1. The van der Waals surface area contributed by atoms with Gasteiger partial charge in [0, 0.05) is 24.6 Å². The molecule has 0 radical (unpaired) electrons.